The van der Waals surface area contributed by atoms with Gasteiger partial charge in [-0.15, -0.1) is 5.10 Å². The number of nitrogens with zero attached hydrogens (tertiary/aromatic N) is 5. The van der Waals surface area contributed by atoms with E-state index in [1.165, 1.54) is 10.9 Å². The zero-order valence-corrected chi connectivity index (χ0v) is 11.0. The summed E-state index contributed by atoms with van der Waals surface area (Å²) < 4.78 is 1.51. The standard InChI is InChI=1S/C11H17N5O3/c1-3-14(4-2)11(19)15-5-8(6-15)16-7-9(10(17)18)12-13-16/h7-8H,3-6H2,1-2H3,(H,17,18). The Bertz CT molecular complexity index is 476. The van der Waals surface area contributed by atoms with Crippen LogP contribution in [-0.4, -0.2) is 68.1 Å². The number of hydrogen-bond donors (Lipinski definition) is 1. The Morgan fingerprint density at radius 1 is 1.42 bits per heavy atom. The van der Waals surface area contributed by atoms with Gasteiger partial charge in [0.25, 0.3) is 0 Å². The first-order valence-corrected chi connectivity index (χ1v) is 6.25. The molecule has 0 aliphatic carbocycles. The van der Waals surface area contributed by atoms with E-state index in [-0.39, 0.29) is 17.8 Å². The van der Waals surface area contributed by atoms with E-state index in [0.717, 1.165) is 0 Å². The van der Waals surface area contributed by atoms with E-state index >= 15 is 0 Å². The van der Waals surface area contributed by atoms with Gasteiger partial charge in [-0.25, -0.2) is 14.3 Å². The Labute approximate surface area is 110 Å². The molecule has 1 aliphatic rings. The largest absolute Gasteiger partial charge is 0.476 e. The van der Waals surface area contributed by atoms with Gasteiger partial charge >= 0.3 is 12.0 Å². The fraction of sp³-hybridized carbons (Fsp3) is 0.636. The summed E-state index contributed by atoms with van der Waals surface area (Å²) in [5.41, 5.74) is -0.0754. The third-order valence-corrected chi connectivity index (χ3v) is 3.27. The van der Waals surface area contributed by atoms with Crippen molar-refractivity contribution in [3.63, 3.8) is 0 Å². The zero-order valence-electron chi connectivity index (χ0n) is 11.0. The number of carboxylic acids is 1. The molecule has 0 bridgehead atoms. The van der Waals surface area contributed by atoms with Crippen LogP contribution in [0.15, 0.2) is 6.20 Å². The third-order valence-electron chi connectivity index (χ3n) is 3.27. The van der Waals surface area contributed by atoms with Crippen LogP contribution >= 0.6 is 0 Å². The third kappa shape index (κ3) is 2.51. The van der Waals surface area contributed by atoms with Crippen molar-refractivity contribution in [3.05, 3.63) is 11.9 Å². The summed E-state index contributed by atoms with van der Waals surface area (Å²) in [6.45, 7) is 6.33. The fourth-order valence-electron chi connectivity index (χ4n) is 2.03. The van der Waals surface area contributed by atoms with Crippen molar-refractivity contribution in [2.24, 2.45) is 0 Å². The minimum atomic E-state index is -1.10. The molecule has 8 nitrogen and oxygen atoms in total. The van der Waals surface area contributed by atoms with Crippen molar-refractivity contribution in [2.45, 2.75) is 19.9 Å². The molecule has 19 heavy (non-hydrogen) atoms. The second-order valence-corrected chi connectivity index (χ2v) is 4.40. The van der Waals surface area contributed by atoms with Crippen LogP contribution in [-0.2, 0) is 0 Å². The molecule has 1 aliphatic heterocycles. The molecular weight excluding hydrogens is 250 g/mol. The van der Waals surface area contributed by atoms with Crippen LogP contribution in [0.1, 0.15) is 30.4 Å². The molecule has 0 aromatic carbocycles. The maximum Gasteiger partial charge on any atom is 0.358 e. The van der Waals surface area contributed by atoms with Gasteiger partial charge in [-0.2, -0.15) is 0 Å². The van der Waals surface area contributed by atoms with Crippen LogP contribution in [0.25, 0.3) is 0 Å². The second kappa shape index (κ2) is 5.25. The molecule has 2 amide bonds. The highest BCUT2D eigenvalue weighted by Gasteiger charge is 2.34. The average Bonchev–Trinajstić information content (AvgIpc) is 2.78. The molecule has 1 saturated heterocycles. The van der Waals surface area contributed by atoms with Crippen LogP contribution in [0.3, 0.4) is 0 Å². The SMILES string of the molecule is CCN(CC)C(=O)N1CC(n2cc(C(=O)O)nn2)C1. The molecular formula is C11H17N5O3. The number of aromatic nitrogens is 3. The molecule has 0 unspecified atom stereocenters. The first-order chi connectivity index (χ1) is 9.06. The zero-order chi connectivity index (χ0) is 14.0. The number of urea groups is 1. The first-order valence-electron chi connectivity index (χ1n) is 6.25. The highest BCUT2D eigenvalue weighted by atomic mass is 16.4. The number of hydrogen-bond acceptors (Lipinski definition) is 4. The van der Waals surface area contributed by atoms with Crippen molar-refractivity contribution < 1.29 is 14.7 Å². The smallest absolute Gasteiger partial charge is 0.358 e. The van der Waals surface area contributed by atoms with Gasteiger partial charge in [-0.05, 0) is 13.8 Å². The molecule has 1 fully saturated rings. The molecule has 0 spiro atoms. The lowest BCUT2D eigenvalue weighted by atomic mass is 10.1. The number of carbonyl (C=O) groups is 2. The van der Waals surface area contributed by atoms with E-state index in [0.29, 0.717) is 26.2 Å². The Hall–Kier alpha value is -2.12. The lowest BCUT2D eigenvalue weighted by molar-refractivity contribution is 0.0689. The van der Waals surface area contributed by atoms with Crippen LogP contribution in [0.4, 0.5) is 4.79 Å². The van der Waals surface area contributed by atoms with Gasteiger partial charge < -0.3 is 14.9 Å². The van der Waals surface area contributed by atoms with Gasteiger partial charge in [0.1, 0.15) is 0 Å². The van der Waals surface area contributed by atoms with Gasteiger partial charge in [0.05, 0.1) is 12.2 Å². The molecule has 2 rings (SSSR count). The maximum absolute atomic E-state index is 12.0. The maximum atomic E-state index is 12.0. The van der Waals surface area contributed by atoms with E-state index in [2.05, 4.69) is 10.3 Å². The molecule has 2 heterocycles. The Morgan fingerprint density at radius 2 is 2.05 bits per heavy atom. The highest BCUT2D eigenvalue weighted by molar-refractivity contribution is 5.84. The van der Waals surface area contributed by atoms with Crippen molar-refractivity contribution in [2.75, 3.05) is 26.2 Å². The molecule has 0 atom stereocenters. The summed E-state index contributed by atoms with van der Waals surface area (Å²) in [4.78, 5) is 26.2. The summed E-state index contributed by atoms with van der Waals surface area (Å²) in [5, 5.41) is 16.1. The van der Waals surface area contributed by atoms with Crippen molar-refractivity contribution >= 4 is 12.0 Å². The summed E-state index contributed by atoms with van der Waals surface area (Å²) >= 11 is 0. The number of amides is 2. The monoisotopic (exact) mass is 267 g/mol. The molecule has 0 saturated carbocycles. The quantitative estimate of drug-likeness (QED) is 0.846. The van der Waals surface area contributed by atoms with E-state index < -0.39 is 5.97 Å². The number of carboxylic acid groups (broad SMARTS) is 1. The predicted molar refractivity (Wildman–Crippen MR) is 65.9 cm³/mol. The van der Waals surface area contributed by atoms with Gasteiger partial charge in [0.2, 0.25) is 0 Å². The lowest BCUT2D eigenvalue weighted by Gasteiger charge is -2.41. The summed E-state index contributed by atoms with van der Waals surface area (Å²) in [5.74, 6) is -1.10. The molecule has 1 aromatic rings. The van der Waals surface area contributed by atoms with Gasteiger partial charge in [-0.3, -0.25) is 0 Å². The fourth-order valence-corrected chi connectivity index (χ4v) is 2.03. The van der Waals surface area contributed by atoms with E-state index in [1.807, 2.05) is 13.8 Å². The second-order valence-electron chi connectivity index (χ2n) is 4.40. The van der Waals surface area contributed by atoms with Crippen molar-refractivity contribution in [3.8, 4) is 0 Å². The van der Waals surface area contributed by atoms with Gasteiger partial charge in [0.15, 0.2) is 5.69 Å². The normalized spacial score (nSPS) is 15.2. The number of aromatic carboxylic acids is 1. The number of rotatable bonds is 4. The highest BCUT2D eigenvalue weighted by Crippen LogP contribution is 2.21. The van der Waals surface area contributed by atoms with Gasteiger partial charge in [-0.1, -0.05) is 5.21 Å². The van der Waals surface area contributed by atoms with Crippen LogP contribution in [0.2, 0.25) is 0 Å². The average molecular weight is 267 g/mol. The Kier molecular flexibility index (Phi) is 3.68. The summed E-state index contributed by atoms with van der Waals surface area (Å²) in [6, 6.07) is 0.0277. The Balaban J connectivity index is 1.92. The van der Waals surface area contributed by atoms with Crippen LogP contribution < -0.4 is 0 Å². The summed E-state index contributed by atoms with van der Waals surface area (Å²) in [7, 11) is 0. The van der Waals surface area contributed by atoms with Crippen LogP contribution in [0, 0.1) is 0 Å². The molecule has 8 heteroatoms. The molecule has 1 aromatic heterocycles. The minimum Gasteiger partial charge on any atom is -0.476 e. The van der Waals surface area contributed by atoms with Crippen LogP contribution in [0.5, 0.6) is 0 Å². The first kappa shape index (κ1) is 13.3. The number of carbonyl (C=O) groups excluding carboxylic acids is 1. The van der Waals surface area contributed by atoms with E-state index in [4.69, 9.17) is 5.11 Å². The molecule has 1 N–H and O–H groups in total. The Morgan fingerprint density at radius 3 is 2.53 bits per heavy atom. The van der Waals surface area contributed by atoms with E-state index in [1.54, 1.807) is 9.80 Å². The van der Waals surface area contributed by atoms with Crippen molar-refractivity contribution in [1.29, 1.82) is 0 Å². The molecule has 104 valence electrons. The van der Waals surface area contributed by atoms with Gasteiger partial charge in [0, 0.05) is 26.2 Å². The topological polar surface area (TPSA) is 91.6 Å². The minimum absolute atomic E-state index is 0.0137. The van der Waals surface area contributed by atoms with Crippen molar-refractivity contribution in [1.82, 2.24) is 24.8 Å². The summed E-state index contributed by atoms with van der Waals surface area (Å²) in [6.07, 6.45) is 1.40. The predicted octanol–water partition coefficient (Wildman–Crippen LogP) is 0.295. The number of likely N-dealkylation sites (tertiary alicyclic amines) is 1. The van der Waals surface area contributed by atoms with E-state index in [9.17, 15) is 9.59 Å². The molecule has 0 radical (unpaired) electrons. The lowest BCUT2D eigenvalue weighted by Crippen LogP contribution is -2.55.